The summed E-state index contributed by atoms with van der Waals surface area (Å²) < 4.78 is 1.67. The molecule has 1 aromatic heterocycles. The smallest absolute Gasteiger partial charge is 0.274 e. The summed E-state index contributed by atoms with van der Waals surface area (Å²) in [5.41, 5.74) is 1.30. The summed E-state index contributed by atoms with van der Waals surface area (Å²) >= 11 is 5.98. The van der Waals surface area contributed by atoms with E-state index in [0.29, 0.717) is 29.8 Å². The Labute approximate surface area is 128 Å². The van der Waals surface area contributed by atoms with Crippen molar-refractivity contribution in [1.29, 1.82) is 0 Å². The second kappa shape index (κ2) is 5.87. The molecule has 6 heteroatoms. The van der Waals surface area contributed by atoms with Crippen LogP contribution in [0.25, 0.3) is 5.69 Å². The first-order valence-corrected chi connectivity index (χ1v) is 7.35. The van der Waals surface area contributed by atoms with E-state index in [1.807, 2.05) is 29.2 Å². The van der Waals surface area contributed by atoms with Gasteiger partial charge in [-0.3, -0.25) is 4.79 Å². The van der Waals surface area contributed by atoms with E-state index in [1.54, 1.807) is 16.9 Å². The Morgan fingerprint density at radius 2 is 2.29 bits per heavy atom. The summed E-state index contributed by atoms with van der Waals surface area (Å²) in [6, 6.07) is 9.45. The first-order valence-electron chi connectivity index (χ1n) is 6.98. The SMILES string of the molecule is C[C@@H]1CN(C(=O)c2ccn(-c3cccc(Cl)c3)n2)CCN1. The molecule has 1 saturated heterocycles. The maximum atomic E-state index is 12.5. The number of halogens is 1. The van der Waals surface area contributed by atoms with E-state index in [2.05, 4.69) is 17.3 Å². The Balaban J connectivity index is 1.80. The van der Waals surface area contributed by atoms with Crippen LogP contribution in [-0.4, -0.2) is 46.3 Å². The topological polar surface area (TPSA) is 50.2 Å². The van der Waals surface area contributed by atoms with E-state index in [-0.39, 0.29) is 5.91 Å². The highest BCUT2D eigenvalue weighted by atomic mass is 35.5. The number of carbonyl (C=O) groups excluding carboxylic acids is 1. The predicted octanol–water partition coefficient (Wildman–Crippen LogP) is 1.96. The number of benzene rings is 1. The molecule has 5 nitrogen and oxygen atoms in total. The third-order valence-corrected chi connectivity index (χ3v) is 3.77. The second-order valence-corrected chi connectivity index (χ2v) is 5.67. The molecule has 0 saturated carbocycles. The minimum absolute atomic E-state index is 0.0240. The van der Waals surface area contributed by atoms with Crippen LogP contribution in [-0.2, 0) is 0 Å². The van der Waals surface area contributed by atoms with Gasteiger partial charge in [0, 0.05) is 36.9 Å². The van der Waals surface area contributed by atoms with Crippen LogP contribution in [0, 0.1) is 0 Å². The number of nitrogens with zero attached hydrogens (tertiary/aromatic N) is 3. The van der Waals surface area contributed by atoms with E-state index in [1.165, 1.54) is 0 Å². The highest BCUT2D eigenvalue weighted by molar-refractivity contribution is 6.30. The molecule has 2 aromatic rings. The first-order chi connectivity index (χ1) is 10.1. The summed E-state index contributed by atoms with van der Waals surface area (Å²) in [6.45, 7) is 4.32. The van der Waals surface area contributed by atoms with Gasteiger partial charge in [0.2, 0.25) is 0 Å². The molecule has 1 atom stereocenters. The number of carbonyl (C=O) groups is 1. The first kappa shape index (κ1) is 14.1. The fourth-order valence-electron chi connectivity index (χ4n) is 2.48. The van der Waals surface area contributed by atoms with Crippen molar-refractivity contribution in [3.63, 3.8) is 0 Å². The zero-order valence-corrected chi connectivity index (χ0v) is 12.5. The minimum atomic E-state index is -0.0240. The van der Waals surface area contributed by atoms with Gasteiger partial charge < -0.3 is 10.2 Å². The Morgan fingerprint density at radius 1 is 1.43 bits per heavy atom. The average molecular weight is 305 g/mol. The largest absolute Gasteiger partial charge is 0.334 e. The van der Waals surface area contributed by atoms with Crippen molar-refractivity contribution < 1.29 is 4.79 Å². The number of piperazine rings is 1. The quantitative estimate of drug-likeness (QED) is 0.923. The van der Waals surface area contributed by atoms with Gasteiger partial charge in [-0.15, -0.1) is 0 Å². The van der Waals surface area contributed by atoms with Gasteiger partial charge >= 0.3 is 0 Å². The molecule has 0 aliphatic carbocycles. The monoisotopic (exact) mass is 304 g/mol. The molecule has 1 amide bonds. The zero-order chi connectivity index (χ0) is 14.8. The number of amides is 1. The molecular formula is C15H17ClN4O. The van der Waals surface area contributed by atoms with E-state index in [9.17, 15) is 4.79 Å². The molecule has 1 aromatic carbocycles. The van der Waals surface area contributed by atoms with E-state index < -0.39 is 0 Å². The third-order valence-electron chi connectivity index (χ3n) is 3.54. The molecule has 0 radical (unpaired) electrons. The lowest BCUT2D eigenvalue weighted by Gasteiger charge is -2.31. The van der Waals surface area contributed by atoms with Gasteiger partial charge in [0.15, 0.2) is 5.69 Å². The lowest BCUT2D eigenvalue weighted by atomic mass is 10.2. The van der Waals surface area contributed by atoms with Gasteiger partial charge in [-0.2, -0.15) is 5.10 Å². The molecule has 0 spiro atoms. The Hall–Kier alpha value is -1.85. The molecule has 110 valence electrons. The van der Waals surface area contributed by atoms with Crippen LogP contribution in [0.4, 0.5) is 0 Å². The van der Waals surface area contributed by atoms with Crippen molar-refractivity contribution in [2.45, 2.75) is 13.0 Å². The van der Waals surface area contributed by atoms with Crippen molar-refractivity contribution in [3.05, 3.63) is 47.2 Å². The average Bonchev–Trinajstić information content (AvgIpc) is 2.96. The molecule has 1 aliphatic heterocycles. The van der Waals surface area contributed by atoms with E-state index >= 15 is 0 Å². The van der Waals surface area contributed by atoms with Crippen LogP contribution in [0.15, 0.2) is 36.5 Å². The number of aromatic nitrogens is 2. The van der Waals surface area contributed by atoms with Gasteiger partial charge in [0.05, 0.1) is 5.69 Å². The van der Waals surface area contributed by atoms with E-state index in [0.717, 1.165) is 12.2 Å². The summed E-state index contributed by atoms with van der Waals surface area (Å²) in [7, 11) is 0. The highest BCUT2D eigenvalue weighted by Crippen LogP contribution is 2.15. The van der Waals surface area contributed by atoms with Gasteiger partial charge in [-0.25, -0.2) is 4.68 Å². The summed E-state index contributed by atoms with van der Waals surface area (Å²) in [6.07, 6.45) is 1.78. The molecular weight excluding hydrogens is 288 g/mol. The Kier molecular flexibility index (Phi) is 3.94. The van der Waals surface area contributed by atoms with Crippen molar-refractivity contribution in [1.82, 2.24) is 20.0 Å². The fraction of sp³-hybridized carbons (Fsp3) is 0.333. The van der Waals surface area contributed by atoms with Crippen molar-refractivity contribution in [2.24, 2.45) is 0 Å². The Bertz CT molecular complexity index is 655. The molecule has 3 rings (SSSR count). The maximum Gasteiger partial charge on any atom is 0.274 e. The molecule has 1 fully saturated rings. The van der Waals surface area contributed by atoms with Crippen LogP contribution >= 0.6 is 11.6 Å². The third kappa shape index (κ3) is 3.09. The van der Waals surface area contributed by atoms with Gasteiger partial charge in [-0.05, 0) is 31.2 Å². The number of rotatable bonds is 2. The van der Waals surface area contributed by atoms with Gasteiger partial charge in [0.25, 0.3) is 5.91 Å². The normalized spacial score (nSPS) is 18.8. The molecule has 1 aliphatic rings. The molecule has 0 bridgehead atoms. The number of hydrogen-bond acceptors (Lipinski definition) is 3. The van der Waals surface area contributed by atoms with E-state index in [4.69, 9.17) is 11.6 Å². The summed E-state index contributed by atoms with van der Waals surface area (Å²) in [5, 5.41) is 8.33. The zero-order valence-electron chi connectivity index (χ0n) is 11.8. The summed E-state index contributed by atoms with van der Waals surface area (Å²) in [5.74, 6) is -0.0240. The van der Waals surface area contributed by atoms with Crippen molar-refractivity contribution in [3.8, 4) is 5.69 Å². The van der Waals surface area contributed by atoms with Crippen LogP contribution in [0.5, 0.6) is 0 Å². The lowest BCUT2D eigenvalue weighted by molar-refractivity contribution is 0.0702. The van der Waals surface area contributed by atoms with Gasteiger partial charge in [0.1, 0.15) is 0 Å². The standard InChI is InChI=1S/C15H17ClN4O/c1-11-10-19(8-6-17-11)15(21)14-5-7-20(18-14)13-4-2-3-12(16)9-13/h2-5,7,9,11,17H,6,8,10H2,1H3/t11-/m1/s1. The maximum absolute atomic E-state index is 12.5. The molecule has 1 N–H and O–H groups in total. The van der Waals surface area contributed by atoms with Crippen LogP contribution in [0.2, 0.25) is 5.02 Å². The highest BCUT2D eigenvalue weighted by Gasteiger charge is 2.23. The van der Waals surface area contributed by atoms with Gasteiger partial charge in [-0.1, -0.05) is 17.7 Å². The minimum Gasteiger partial charge on any atom is -0.334 e. The lowest BCUT2D eigenvalue weighted by Crippen LogP contribution is -2.51. The number of hydrogen-bond donors (Lipinski definition) is 1. The van der Waals surface area contributed by atoms with Crippen LogP contribution in [0.3, 0.4) is 0 Å². The fourth-order valence-corrected chi connectivity index (χ4v) is 2.66. The molecule has 0 unspecified atom stereocenters. The molecule has 21 heavy (non-hydrogen) atoms. The van der Waals surface area contributed by atoms with Crippen LogP contribution in [0.1, 0.15) is 17.4 Å². The summed E-state index contributed by atoms with van der Waals surface area (Å²) in [4.78, 5) is 14.3. The second-order valence-electron chi connectivity index (χ2n) is 5.23. The van der Waals surface area contributed by atoms with Crippen LogP contribution < -0.4 is 5.32 Å². The number of nitrogens with one attached hydrogen (secondary N) is 1. The molecule has 2 heterocycles. The predicted molar refractivity (Wildman–Crippen MR) is 81.9 cm³/mol. The van der Waals surface area contributed by atoms with Crippen molar-refractivity contribution >= 4 is 17.5 Å². The van der Waals surface area contributed by atoms with Crippen molar-refractivity contribution in [2.75, 3.05) is 19.6 Å². The Morgan fingerprint density at radius 3 is 3.05 bits per heavy atom.